The highest BCUT2D eigenvalue weighted by Gasteiger charge is 2.25. The summed E-state index contributed by atoms with van der Waals surface area (Å²) in [7, 11) is 1.13. The Balaban J connectivity index is 1.62. The van der Waals surface area contributed by atoms with Crippen molar-refractivity contribution in [3.63, 3.8) is 0 Å². The average Bonchev–Trinajstić information content (AvgIpc) is 2.92. The van der Waals surface area contributed by atoms with Gasteiger partial charge in [-0.05, 0) is 48.9 Å². The van der Waals surface area contributed by atoms with E-state index in [1.165, 1.54) is 18.2 Å². The Bertz CT molecular complexity index is 1820. The monoisotopic (exact) mass is 545 g/mol. The molecule has 2 heterocycles. The van der Waals surface area contributed by atoms with Gasteiger partial charge in [0.25, 0.3) is 0 Å². The second-order valence-corrected chi connectivity index (χ2v) is 8.87. The summed E-state index contributed by atoms with van der Waals surface area (Å²) < 4.78 is 53.9. The van der Waals surface area contributed by atoms with E-state index in [2.05, 4.69) is 15.3 Å². The summed E-state index contributed by atoms with van der Waals surface area (Å²) in [4.78, 5) is 21.7. The molecular formula is C29H22F3N5O3. The molecule has 1 atom stereocenters. The first-order chi connectivity index (χ1) is 19.2. The van der Waals surface area contributed by atoms with E-state index in [9.17, 15) is 18.0 Å². The lowest BCUT2D eigenvalue weighted by molar-refractivity contribution is 0.360. The minimum absolute atomic E-state index is 0.0336. The molecule has 0 amide bonds. The number of benzene rings is 3. The fraction of sp³-hybridized carbons (Fsp3) is 0.103. The molecular weight excluding hydrogens is 523 g/mol. The largest absolute Gasteiger partial charge is 0.491 e. The molecule has 2 aromatic heterocycles. The summed E-state index contributed by atoms with van der Waals surface area (Å²) in [6.07, 6.45) is 1.15. The quantitative estimate of drug-likeness (QED) is 0.219. The Morgan fingerprint density at radius 2 is 1.77 bits per heavy atom. The number of hydrogen-bond donors (Lipinski definition) is 3. The highest BCUT2D eigenvalue weighted by molar-refractivity contribution is 6.16. The van der Waals surface area contributed by atoms with Crippen LogP contribution < -0.4 is 21.2 Å². The number of nitrogens with two attached hydrogens (primary N) is 1. The van der Waals surface area contributed by atoms with Crippen molar-refractivity contribution in [1.82, 2.24) is 9.97 Å². The fourth-order valence-corrected chi connectivity index (χ4v) is 4.45. The first-order valence-corrected chi connectivity index (χ1v) is 12.0. The number of nitrogen functional groups attached to an aromatic ring is 1. The minimum atomic E-state index is -1.00. The van der Waals surface area contributed by atoms with Crippen molar-refractivity contribution in [2.24, 2.45) is 0 Å². The van der Waals surface area contributed by atoms with Gasteiger partial charge in [0, 0.05) is 5.56 Å². The van der Waals surface area contributed by atoms with Crippen LogP contribution in [0.4, 0.5) is 24.8 Å². The van der Waals surface area contributed by atoms with Gasteiger partial charge in [0.2, 0.25) is 5.43 Å². The molecule has 202 valence electrons. The molecule has 4 N–H and O–H groups in total. The molecule has 3 aromatic carbocycles. The number of ether oxygens (including phenoxy) is 1. The molecule has 0 aliphatic carbocycles. The SMILES string of the molecule is COc1c(F)cc(C(=N)c2c(N)ncnc2NC(C)c2oc3ccccc3c(=O)c2-c2cccc(F)c2)cc1F. The van der Waals surface area contributed by atoms with Crippen molar-refractivity contribution in [3.05, 3.63) is 112 Å². The van der Waals surface area contributed by atoms with Crippen molar-refractivity contribution in [1.29, 1.82) is 5.41 Å². The van der Waals surface area contributed by atoms with Gasteiger partial charge in [-0.3, -0.25) is 10.2 Å². The molecule has 5 rings (SSSR count). The van der Waals surface area contributed by atoms with Crippen molar-refractivity contribution >= 4 is 28.3 Å². The van der Waals surface area contributed by atoms with E-state index >= 15 is 0 Å². The number of methoxy groups -OCH3 is 1. The van der Waals surface area contributed by atoms with Gasteiger partial charge in [0.05, 0.1) is 35.4 Å². The summed E-state index contributed by atoms with van der Waals surface area (Å²) in [6.45, 7) is 1.67. The van der Waals surface area contributed by atoms with Crippen LogP contribution in [0.15, 0.2) is 76.2 Å². The number of fused-ring (bicyclic) bond motifs is 1. The molecule has 0 spiro atoms. The smallest absolute Gasteiger partial charge is 0.200 e. The van der Waals surface area contributed by atoms with Crippen LogP contribution in [-0.4, -0.2) is 22.8 Å². The van der Waals surface area contributed by atoms with Crippen molar-refractivity contribution in [2.75, 3.05) is 18.2 Å². The Kier molecular flexibility index (Phi) is 6.95. The molecule has 0 bridgehead atoms. The zero-order valence-electron chi connectivity index (χ0n) is 21.3. The Morgan fingerprint density at radius 1 is 1.05 bits per heavy atom. The van der Waals surface area contributed by atoms with Gasteiger partial charge in [-0.15, -0.1) is 0 Å². The van der Waals surface area contributed by atoms with Crippen LogP contribution in [0, 0.1) is 22.9 Å². The summed E-state index contributed by atoms with van der Waals surface area (Å²) in [6, 6.07) is 13.3. The van der Waals surface area contributed by atoms with Crippen LogP contribution in [0.1, 0.15) is 29.9 Å². The Morgan fingerprint density at radius 3 is 2.48 bits per heavy atom. The number of nitrogens with one attached hydrogen (secondary N) is 2. The third-order valence-electron chi connectivity index (χ3n) is 6.30. The van der Waals surface area contributed by atoms with Gasteiger partial charge in [-0.2, -0.15) is 0 Å². The molecule has 0 radical (unpaired) electrons. The van der Waals surface area contributed by atoms with Gasteiger partial charge in [0.1, 0.15) is 35.1 Å². The summed E-state index contributed by atoms with van der Waals surface area (Å²) in [5.41, 5.74) is 5.95. The molecule has 1 unspecified atom stereocenters. The number of aromatic nitrogens is 2. The third kappa shape index (κ3) is 4.73. The van der Waals surface area contributed by atoms with E-state index in [4.69, 9.17) is 20.3 Å². The van der Waals surface area contributed by atoms with Crippen molar-refractivity contribution < 1.29 is 22.3 Å². The highest BCUT2D eigenvalue weighted by Crippen LogP contribution is 2.33. The molecule has 0 saturated carbocycles. The second kappa shape index (κ2) is 10.5. The van der Waals surface area contributed by atoms with E-state index in [0.717, 1.165) is 25.6 Å². The summed E-state index contributed by atoms with van der Waals surface area (Å²) in [5.74, 6) is -3.03. The van der Waals surface area contributed by atoms with Crippen molar-refractivity contribution in [2.45, 2.75) is 13.0 Å². The molecule has 0 fully saturated rings. The topological polar surface area (TPSA) is 127 Å². The first kappa shape index (κ1) is 26.4. The molecule has 40 heavy (non-hydrogen) atoms. The third-order valence-corrected chi connectivity index (χ3v) is 6.30. The molecule has 5 aromatic rings. The number of para-hydroxylation sites is 1. The molecule has 0 aliphatic heterocycles. The highest BCUT2D eigenvalue weighted by atomic mass is 19.1. The van der Waals surface area contributed by atoms with E-state index < -0.39 is 29.2 Å². The van der Waals surface area contributed by atoms with Gasteiger partial charge in [-0.1, -0.05) is 24.3 Å². The molecule has 0 saturated heterocycles. The van der Waals surface area contributed by atoms with Crippen molar-refractivity contribution in [3.8, 4) is 16.9 Å². The van der Waals surface area contributed by atoms with E-state index in [-0.39, 0.29) is 45.2 Å². The minimum Gasteiger partial charge on any atom is -0.491 e. The lowest BCUT2D eigenvalue weighted by Crippen LogP contribution is -2.19. The van der Waals surface area contributed by atoms with Gasteiger partial charge in [-0.25, -0.2) is 23.1 Å². The van der Waals surface area contributed by atoms with E-state index in [1.54, 1.807) is 37.3 Å². The van der Waals surface area contributed by atoms with Crippen LogP contribution in [0.3, 0.4) is 0 Å². The maximum Gasteiger partial charge on any atom is 0.200 e. The summed E-state index contributed by atoms with van der Waals surface area (Å²) >= 11 is 0. The number of rotatable bonds is 7. The number of hydrogen-bond acceptors (Lipinski definition) is 8. The average molecular weight is 546 g/mol. The van der Waals surface area contributed by atoms with Gasteiger partial charge < -0.3 is 20.2 Å². The van der Waals surface area contributed by atoms with Crippen LogP contribution >= 0.6 is 0 Å². The second-order valence-electron chi connectivity index (χ2n) is 8.87. The van der Waals surface area contributed by atoms with Gasteiger partial charge >= 0.3 is 0 Å². The first-order valence-electron chi connectivity index (χ1n) is 12.0. The van der Waals surface area contributed by atoms with E-state index in [0.29, 0.717) is 16.5 Å². The Labute approximate surface area is 225 Å². The standard InChI is InChI=1S/C29H22F3N5O3/c1-14(26-22(15-6-5-7-17(30)10-15)25(38)18-8-3-4-9-21(18)40-26)37-29-23(28(34)35-13-36-29)24(33)16-11-19(31)27(39-2)20(32)12-16/h3-14,33H,1-2H3,(H3,34,35,36,37). The number of anilines is 2. The normalized spacial score (nSPS) is 11.8. The lowest BCUT2D eigenvalue weighted by Gasteiger charge is -2.20. The predicted molar refractivity (Wildman–Crippen MR) is 145 cm³/mol. The van der Waals surface area contributed by atoms with Crippen LogP contribution in [0.2, 0.25) is 0 Å². The van der Waals surface area contributed by atoms with Gasteiger partial charge in [0.15, 0.2) is 17.4 Å². The van der Waals surface area contributed by atoms with E-state index in [1.807, 2.05) is 0 Å². The molecule has 11 heteroatoms. The van der Waals surface area contributed by atoms with Crippen LogP contribution in [-0.2, 0) is 0 Å². The van der Waals surface area contributed by atoms with Crippen LogP contribution in [0.5, 0.6) is 5.75 Å². The Hall–Kier alpha value is -5.19. The van der Waals surface area contributed by atoms with Crippen LogP contribution in [0.25, 0.3) is 22.1 Å². The summed E-state index contributed by atoms with van der Waals surface area (Å²) in [5, 5.41) is 12.1. The predicted octanol–water partition coefficient (Wildman–Crippen LogP) is 5.85. The molecule has 0 aliphatic rings. The molecule has 8 nitrogen and oxygen atoms in total. The maximum absolute atomic E-state index is 14.4. The number of nitrogens with zero attached hydrogens (tertiary/aromatic N) is 2. The zero-order chi connectivity index (χ0) is 28.6. The maximum atomic E-state index is 14.4. The zero-order valence-corrected chi connectivity index (χ0v) is 21.3. The lowest BCUT2D eigenvalue weighted by atomic mass is 9.98. The fourth-order valence-electron chi connectivity index (χ4n) is 4.45. The number of halogens is 3.